The van der Waals surface area contributed by atoms with E-state index in [1.807, 2.05) is 6.92 Å². The van der Waals surface area contributed by atoms with Crippen molar-refractivity contribution in [2.75, 3.05) is 11.5 Å². The summed E-state index contributed by atoms with van der Waals surface area (Å²) in [6.07, 6.45) is 2.02. The van der Waals surface area contributed by atoms with Crippen LogP contribution in [0.2, 0.25) is 0 Å². The van der Waals surface area contributed by atoms with Crippen molar-refractivity contribution in [3.63, 3.8) is 0 Å². The highest BCUT2D eigenvalue weighted by Gasteiger charge is 2.28. The Bertz CT molecular complexity index is 495. The predicted molar refractivity (Wildman–Crippen MR) is 74.1 cm³/mol. The number of primary amides is 1. The van der Waals surface area contributed by atoms with E-state index >= 15 is 0 Å². The Morgan fingerprint density at radius 1 is 1.50 bits per heavy atom. The number of carbonyl (C=O) groups excluding carboxylic acids is 2. The molecule has 7 heteroatoms. The van der Waals surface area contributed by atoms with E-state index in [0.29, 0.717) is 4.88 Å². The first kappa shape index (κ1) is 13.2. The molecule has 18 heavy (non-hydrogen) atoms. The predicted octanol–water partition coefficient (Wildman–Crippen LogP) is 1.43. The van der Waals surface area contributed by atoms with Gasteiger partial charge in [0.1, 0.15) is 4.88 Å². The maximum absolute atomic E-state index is 12.0. The van der Waals surface area contributed by atoms with Crippen LogP contribution in [0.1, 0.15) is 39.8 Å². The lowest BCUT2D eigenvalue weighted by Gasteiger charge is -2.01. The SMILES string of the molecule is CCSc1sc(C(=O)NC2CC2)c(N)c1C(N)=O. The zero-order valence-corrected chi connectivity index (χ0v) is 11.6. The van der Waals surface area contributed by atoms with Crippen LogP contribution in [0.4, 0.5) is 5.69 Å². The second-order valence-corrected chi connectivity index (χ2v) is 6.61. The largest absolute Gasteiger partial charge is 0.397 e. The molecule has 1 heterocycles. The van der Waals surface area contributed by atoms with Crippen molar-refractivity contribution in [3.05, 3.63) is 10.4 Å². The molecule has 1 aromatic rings. The van der Waals surface area contributed by atoms with E-state index in [4.69, 9.17) is 11.5 Å². The third kappa shape index (κ3) is 2.62. The molecule has 2 rings (SSSR count). The molecule has 1 aromatic heterocycles. The van der Waals surface area contributed by atoms with Gasteiger partial charge in [-0.2, -0.15) is 0 Å². The number of nitrogens with two attached hydrogens (primary N) is 2. The highest BCUT2D eigenvalue weighted by atomic mass is 32.2. The minimum Gasteiger partial charge on any atom is -0.397 e. The van der Waals surface area contributed by atoms with Crippen molar-refractivity contribution < 1.29 is 9.59 Å². The summed E-state index contributed by atoms with van der Waals surface area (Å²) in [6.45, 7) is 1.97. The molecule has 1 fully saturated rings. The zero-order chi connectivity index (χ0) is 13.3. The molecule has 0 spiro atoms. The molecule has 0 aliphatic heterocycles. The monoisotopic (exact) mass is 285 g/mol. The number of hydrogen-bond donors (Lipinski definition) is 3. The van der Waals surface area contributed by atoms with Crippen LogP contribution in [0.5, 0.6) is 0 Å². The summed E-state index contributed by atoms with van der Waals surface area (Å²) >= 11 is 2.72. The van der Waals surface area contributed by atoms with Crippen molar-refractivity contribution >= 4 is 40.6 Å². The van der Waals surface area contributed by atoms with Gasteiger partial charge in [0.25, 0.3) is 11.8 Å². The van der Waals surface area contributed by atoms with Crippen LogP contribution < -0.4 is 16.8 Å². The lowest BCUT2D eigenvalue weighted by molar-refractivity contribution is 0.0955. The van der Waals surface area contributed by atoms with E-state index in [-0.39, 0.29) is 23.2 Å². The number of rotatable bonds is 5. The minimum absolute atomic E-state index is 0.203. The molecule has 0 aromatic carbocycles. The number of thiophene rings is 1. The van der Waals surface area contributed by atoms with Crippen LogP contribution in [-0.4, -0.2) is 23.6 Å². The molecule has 1 saturated carbocycles. The van der Waals surface area contributed by atoms with Gasteiger partial charge in [0.2, 0.25) is 0 Å². The average molecular weight is 285 g/mol. The fourth-order valence-electron chi connectivity index (χ4n) is 1.54. The fraction of sp³-hybridized carbons (Fsp3) is 0.455. The van der Waals surface area contributed by atoms with Gasteiger partial charge in [-0.05, 0) is 18.6 Å². The van der Waals surface area contributed by atoms with Crippen LogP contribution in [0.15, 0.2) is 4.21 Å². The van der Waals surface area contributed by atoms with E-state index in [9.17, 15) is 9.59 Å². The Morgan fingerprint density at radius 3 is 2.67 bits per heavy atom. The first-order chi connectivity index (χ1) is 8.54. The van der Waals surface area contributed by atoms with Gasteiger partial charge < -0.3 is 16.8 Å². The summed E-state index contributed by atoms with van der Waals surface area (Å²) in [4.78, 5) is 23.8. The zero-order valence-electron chi connectivity index (χ0n) is 9.99. The van der Waals surface area contributed by atoms with Crippen molar-refractivity contribution in [1.29, 1.82) is 0 Å². The number of thioether (sulfide) groups is 1. The molecule has 0 atom stereocenters. The Labute approximate surface area is 113 Å². The van der Waals surface area contributed by atoms with E-state index < -0.39 is 5.91 Å². The molecule has 0 unspecified atom stereocenters. The van der Waals surface area contributed by atoms with Crippen LogP contribution >= 0.6 is 23.1 Å². The van der Waals surface area contributed by atoms with Gasteiger partial charge in [-0.3, -0.25) is 9.59 Å². The number of nitrogens with one attached hydrogen (secondary N) is 1. The van der Waals surface area contributed by atoms with Gasteiger partial charge in [0.15, 0.2) is 0 Å². The molecule has 5 nitrogen and oxygen atoms in total. The second-order valence-electron chi connectivity index (χ2n) is 4.05. The van der Waals surface area contributed by atoms with Crippen molar-refractivity contribution in [1.82, 2.24) is 5.32 Å². The van der Waals surface area contributed by atoms with E-state index in [2.05, 4.69) is 5.32 Å². The number of anilines is 1. The van der Waals surface area contributed by atoms with Gasteiger partial charge in [0.05, 0.1) is 15.5 Å². The molecule has 5 N–H and O–H groups in total. The lowest BCUT2D eigenvalue weighted by Crippen LogP contribution is -2.25. The quantitative estimate of drug-likeness (QED) is 0.713. The molecule has 1 aliphatic rings. The van der Waals surface area contributed by atoms with Crippen LogP contribution in [0.3, 0.4) is 0 Å². The lowest BCUT2D eigenvalue weighted by atomic mass is 10.2. The molecular formula is C11H15N3O2S2. The Kier molecular flexibility index (Phi) is 3.82. The second kappa shape index (κ2) is 5.19. The highest BCUT2D eigenvalue weighted by Crippen LogP contribution is 2.38. The molecule has 0 radical (unpaired) electrons. The van der Waals surface area contributed by atoms with Crippen molar-refractivity contribution in [3.8, 4) is 0 Å². The molecular weight excluding hydrogens is 270 g/mol. The van der Waals surface area contributed by atoms with E-state index in [0.717, 1.165) is 22.8 Å². The summed E-state index contributed by atoms with van der Waals surface area (Å²) in [5, 5.41) is 2.86. The summed E-state index contributed by atoms with van der Waals surface area (Å²) < 4.78 is 0.725. The third-order valence-electron chi connectivity index (χ3n) is 2.55. The van der Waals surface area contributed by atoms with E-state index in [1.54, 1.807) is 0 Å². The topological polar surface area (TPSA) is 98.2 Å². The van der Waals surface area contributed by atoms with Crippen molar-refractivity contribution in [2.24, 2.45) is 5.73 Å². The minimum atomic E-state index is -0.579. The number of nitrogen functional groups attached to an aromatic ring is 1. The van der Waals surface area contributed by atoms with Gasteiger partial charge >= 0.3 is 0 Å². The number of carbonyl (C=O) groups is 2. The first-order valence-electron chi connectivity index (χ1n) is 5.70. The normalized spacial score (nSPS) is 14.5. The maximum atomic E-state index is 12.0. The molecule has 2 amide bonds. The Hall–Kier alpha value is -1.21. The number of amides is 2. The van der Waals surface area contributed by atoms with Crippen LogP contribution in [0.25, 0.3) is 0 Å². The van der Waals surface area contributed by atoms with Gasteiger partial charge in [-0.1, -0.05) is 6.92 Å². The molecule has 0 saturated heterocycles. The highest BCUT2D eigenvalue weighted by molar-refractivity contribution is 8.01. The Morgan fingerprint density at radius 2 is 2.17 bits per heavy atom. The smallest absolute Gasteiger partial charge is 0.263 e. The standard InChI is InChI=1S/C11H15N3O2S2/c1-2-17-11-6(9(13)15)7(12)8(18-11)10(16)14-5-3-4-5/h5H,2-4,12H2,1H3,(H2,13,15)(H,14,16). The van der Waals surface area contributed by atoms with Crippen molar-refractivity contribution in [2.45, 2.75) is 30.0 Å². The van der Waals surface area contributed by atoms with Crippen LogP contribution in [0, 0.1) is 0 Å². The first-order valence-corrected chi connectivity index (χ1v) is 7.50. The summed E-state index contributed by atoms with van der Waals surface area (Å²) in [6, 6.07) is 0.262. The maximum Gasteiger partial charge on any atom is 0.263 e. The molecule has 1 aliphatic carbocycles. The summed E-state index contributed by atoms with van der Waals surface area (Å²) in [5.74, 6) is 0.0137. The Balaban J connectivity index is 2.31. The fourth-order valence-corrected chi connectivity index (χ4v) is 3.85. The summed E-state index contributed by atoms with van der Waals surface area (Å²) in [5.41, 5.74) is 11.7. The molecule has 98 valence electrons. The third-order valence-corrected chi connectivity index (χ3v) is 4.91. The van der Waals surface area contributed by atoms with Gasteiger partial charge in [-0.25, -0.2) is 0 Å². The van der Waals surface area contributed by atoms with Gasteiger partial charge in [0, 0.05) is 6.04 Å². The van der Waals surface area contributed by atoms with E-state index in [1.165, 1.54) is 23.1 Å². The average Bonchev–Trinajstić information content (AvgIpc) is 3.02. The van der Waals surface area contributed by atoms with Gasteiger partial charge in [-0.15, -0.1) is 23.1 Å². The number of hydrogen-bond acceptors (Lipinski definition) is 5. The summed E-state index contributed by atoms with van der Waals surface area (Å²) in [7, 11) is 0. The molecule has 0 bridgehead atoms. The van der Waals surface area contributed by atoms with Crippen LogP contribution in [-0.2, 0) is 0 Å².